The summed E-state index contributed by atoms with van der Waals surface area (Å²) in [6.07, 6.45) is 3.67. The number of pyridine rings is 1. The summed E-state index contributed by atoms with van der Waals surface area (Å²) in [5, 5.41) is 3.39. The van der Waals surface area contributed by atoms with Crippen LogP contribution in [0.15, 0.2) is 30.6 Å². The fourth-order valence-corrected chi connectivity index (χ4v) is 1.56. The zero-order chi connectivity index (χ0) is 11.4. The molecule has 2 aromatic heterocycles. The molecule has 2 heterocycles. The highest BCUT2D eigenvalue weighted by molar-refractivity contribution is 5.08. The number of H-pyrrole nitrogens is 1. The van der Waals surface area contributed by atoms with E-state index in [2.05, 4.69) is 27.2 Å². The molecule has 16 heavy (non-hydrogen) atoms. The van der Waals surface area contributed by atoms with E-state index < -0.39 is 0 Å². The lowest BCUT2D eigenvalue weighted by molar-refractivity contribution is 0.556. The van der Waals surface area contributed by atoms with Crippen LogP contribution < -0.4 is 5.32 Å². The Labute approximate surface area is 95.1 Å². The minimum atomic E-state index is 0.241. The van der Waals surface area contributed by atoms with Crippen LogP contribution in [0, 0.1) is 6.92 Å². The first-order valence-corrected chi connectivity index (χ1v) is 5.40. The third-order valence-corrected chi connectivity index (χ3v) is 2.49. The molecule has 0 bridgehead atoms. The fourth-order valence-electron chi connectivity index (χ4n) is 1.56. The molecule has 84 valence electrons. The topological polar surface area (TPSA) is 53.6 Å². The average molecular weight is 216 g/mol. The van der Waals surface area contributed by atoms with Gasteiger partial charge in [-0.15, -0.1) is 0 Å². The highest BCUT2D eigenvalue weighted by atomic mass is 15.0. The number of nitrogens with zero attached hydrogens (tertiary/aromatic N) is 2. The van der Waals surface area contributed by atoms with Crippen molar-refractivity contribution in [3.8, 4) is 0 Å². The van der Waals surface area contributed by atoms with Crippen molar-refractivity contribution in [2.45, 2.75) is 26.4 Å². The molecule has 0 amide bonds. The molecular weight excluding hydrogens is 200 g/mol. The summed E-state index contributed by atoms with van der Waals surface area (Å²) < 4.78 is 0. The Morgan fingerprint density at radius 2 is 2.25 bits per heavy atom. The fraction of sp³-hybridized carbons (Fsp3) is 0.333. The van der Waals surface area contributed by atoms with Crippen molar-refractivity contribution in [2.24, 2.45) is 0 Å². The van der Waals surface area contributed by atoms with Crippen LogP contribution >= 0.6 is 0 Å². The van der Waals surface area contributed by atoms with E-state index in [0.29, 0.717) is 0 Å². The minimum Gasteiger partial charge on any atom is -0.345 e. The molecule has 0 aromatic carbocycles. The maximum Gasteiger partial charge on any atom is 0.103 e. The van der Waals surface area contributed by atoms with Gasteiger partial charge in [0.1, 0.15) is 5.82 Å². The lowest BCUT2D eigenvalue weighted by Gasteiger charge is -2.11. The van der Waals surface area contributed by atoms with Gasteiger partial charge in [-0.05, 0) is 26.0 Å². The highest BCUT2D eigenvalue weighted by Gasteiger charge is 2.05. The van der Waals surface area contributed by atoms with E-state index in [4.69, 9.17) is 0 Å². The Morgan fingerprint density at radius 1 is 1.38 bits per heavy atom. The summed E-state index contributed by atoms with van der Waals surface area (Å²) >= 11 is 0. The van der Waals surface area contributed by atoms with E-state index >= 15 is 0 Å². The molecule has 0 aliphatic carbocycles. The highest BCUT2D eigenvalue weighted by Crippen LogP contribution is 2.08. The Hall–Kier alpha value is -1.68. The van der Waals surface area contributed by atoms with E-state index in [1.807, 2.05) is 37.5 Å². The third kappa shape index (κ3) is 2.67. The number of imidazole rings is 1. The molecule has 0 spiro atoms. The number of aromatic amines is 1. The van der Waals surface area contributed by atoms with Crippen LogP contribution in [0.5, 0.6) is 0 Å². The van der Waals surface area contributed by atoms with Crippen molar-refractivity contribution in [1.82, 2.24) is 20.3 Å². The molecule has 4 nitrogen and oxygen atoms in total. The number of aromatic nitrogens is 3. The van der Waals surface area contributed by atoms with Crippen LogP contribution in [0.2, 0.25) is 0 Å². The van der Waals surface area contributed by atoms with Crippen molar-refractivity contribution < 1.29 is 0 Å². The van der Waals surface area contributed by atoms with Crippen molar-refractivity contribution in [3.63, 3.8) is 0 Å². The van der Waals surface area contributed by atoms with Crippen molar-refractivity contribution >= 4 is 0 Å². The summed E-state index contributed by atoms with van der Waals surface area (Å²) in [7, 11) is 0. The average Bonchev–Trinajstić information content (AvgIpc) is 2.73. The summed E-state index contributed by atoms with van der Waals surface area (Å²) in [4.78, 5) is 11.7. The normalized spacial score (nSPS) is 12.6. The first-order chi connectivity index (χ1) is 7.75. The van der Waals surface area contributed by atoms with Crippen LogP contribution in [0.4, 0.5) is 0 Å². The molecule has 0 aliphatic heterocycles. The maximum atomic E-state index is 4.31. The van der Waals surface area contributed by atoms with Gasteiger partial charge in [0.15, 0.2) is 0 Å². The molecule has 0 saturated heterocycles. The Morgan fingerprint density at radius 3 is 2.88 bits per heavy atom. The number of nitrogens with one attached hydrogen (secondary N) is 2. The minimum absolute atomic E-state index is 0.241. The predicted octanol–water partition coefficient (Wildman–Crippen LogP) is 1.96. The van der Waals surface area contributed by atoms with Gasteiger partial charge in [-0.2, -0.15) is 0 Å². The molecule has 0 saturated carbocycles. The molecule has 0 radical (unpaired) electrons. The third-order valence-electron chi connectivity index (χ3n) is 2.49. The quantitative estimate of drug-likeness (QED) is 0.821. The monoisotopic (exact) mass is 216 g/mol. The molecule has 4 heteroatoms. The first kappa shape index (κ1) is 10.8. The Bertz CT molecular complexity index is 435. The predicted molar refractivity (Wildman–Crippen MR) is 62.8 cm³/mol. The van der Waals surface area contributed by atoms with E-state index in [1.165, 1.54) is 0 Å². The zero-order valence-corrected chi connectivity index (χ0v) is 9.57. The van der Waals surface area contributed by atoms with Crippen molar-refractivity contribution in [3.05, 3.63) is 47.8 Å². The summed E-state index contributed by atoms with van der Waals surface area (Å²) in [6.45, 7) is 4.83. The van der Waals surface area contributed by atoms with Crippen LogP contribution in [-0.2, 0) is 6.54 Å². The second kappa shape index (κ2) is 4.90. The summed E-state index contributed by atoms with van der Waals surface area (Å²) in [5.41, 5.74) is 2.15. The van der Waals surface area contributed by atoms with Gasteiger partial charge >= 0.3 is 0 Å². The van der Waals surface area contributed by atoms with Gasteiger partial charge < -0.3 is 10.3 Å². The maximum absolute atomic E-state index is 4.31. The number of hydrogen-bond donors (Lipinski definition) is 2. The summed E-state index contributed by atoms with van der Waals surface area (Å²) in [5.74, 6) is 0.947. The van der Waals surface area contributed by atoms with Gasteiger partial charge in [0.05, 0.1) is 5.69 Å². The molecule has 2 rings (SSSR count). The number of hydrogen-bond acceptors (Lipinski definition) is 3. The number of aryl methyl sites for hydroxylation is 1. The largest absolute Gasteiger partial charge is 0.345 e. The van der Waals surface area contributed by atoms with Gasteiger partial charge in [-0.25, -0.2) is 4.98 Å². The van der Waals surface area contributed by atoms with E-state index in [9.17, 15) is 0 Å². The van der Waals surface area contributed by atoms with Crippen LogP contribution in [0.3, 0.4) is 0 Å². The molecule has 0 unspecified atom stereocenters. The molecule has 1 atom stereocenters. The Kier molecular flexibility index (Phi) is 3.31. The molecule has 2 aromatic rings. The van der Waals surface area contributed by atoms with Gasteiger partial charge in [0, 0.05) is 30.7 Å². The van der Waals surface area contributed by atoms with Crippen LogP contribution in [0.1, 0.15) is 30.2 Å². The van der Waals surface area contributed by atoms with Gasteiger partial charge in [0.2, 0.25) is 0 Å². The van der Waals surface area contributed by atoms with Crippen LogP contribution in [-0.4, -0.2) is 15.0 Å². The first-order valence-electron chi connectivity index (χ1n) is 5.40. The van der Waals surface area contributed by atoms with E-state index in [1.54, 1.807) is 0 Å². The molecule has 0 aliphatic rings. The Balaban J connectivity index is 1.91. The summed E-state index contributed by atoms with van der Waals surface area (Å²) in [6, 6.07) is 6.19. The molecule has 2 N–H and O–H groups in total. The zero-order valence-electron chi connectivity index (χ0n) is 9.57. The van der Waals surface area contributed by atoms with E-state index in [-0.39, 0.29) is 6.04 Å². The number of rotatable bonds is 4. The molecular formula is C12H16N4. The van der Waals surface area contributed by atoms with Crippen LogP contribution in [0.25, 0.3) is 0 Å². The molecule has 0 fully saturated rings. The van der Waals surface area contributed by atoms with Crippen molar-refractivity contribution in [2.75, 3.05) is 0 Å². The second-order valence-corrected chi connectivity index (χ2v) is 3.85. The second-order valence-electron chi connectivity index (χ2n) is 3.85. The standard InChI is InChI=1S/C12H16N4/c1-9(12-5-3-4-6-13-12)14-7-11-8-15-10(2)16-11/h3-6,8-9,14H,7H2,1-2H3,(H,15,16)/t9-/m1/s1. The van der Waals surface area contributed by atoms with Gasteiger partial charge in [0.25, 0.3) is 0 Å². The van der Waals surface area contributed by atoms with Gasteiger partial charge in [-0.3, -0.25) is 4.98 Å². The SMILES string of the molecule is Cc1ncc(CN[C@H](C)c2ccccn2)[nH]1. The van der Waals surface area contributed by atoms with Gasteiger partial charge in [-0.1, -0.05) is 6.07 Å². The van der Waals surface area contributed by atoms with E-state index in [0.717, 1.165) is 23.8 Å². The lowest BCUT2D eigenvalue weighted by atomic mass is 10.2. The smallest absolute Gasteiger partial charge is 0.103 e. The van der Waals surface area contributed by atoms with Crippen molar-refractivity contribution in [1.29, 1.82) is 0 Å². The lowest BCUT2D eigenvalue weighted by Crippen LogP contribution is -2.19.